The number of nitrogens with zero attached hydrogens (tertiary/aromatic N) is 2. The monoisotopic (exact) mass is 845 g/mol. The molecule has 0 aliphatic heterocycles. The van der Waals surface area contributed by atoms with E-state index in [0.717, 1.165) is 61.5 Å². The maximum absolute atomic E-state index is 4.75. The lowest BCUT2D eigenvalue weighted by Crippen LogP contribution is -2.32. The third-order valence-electron chi connectivity index (χ3n) is 13.6. The molecule has 1 unspecified atom stereocenters. The fraction of sp³-hybridized carbons (Fsp3) is 0.0476. The normalized spacial score (nSPS) is 15.2. The van der Waals surface area contributed by atoms with E-state index in [2.05, 4.69) is 258 Å². The topological polar surface area (TPSA) is 21.9 Å². The highest BCUT2D eigenvalue weighted by Gasteiger charge is 2.31. The predicted octanol–water partition coefficient (Wildman–Crippen LogP) is 14.6. The van der Waals surface area contributed by atoms with E-state index in [4.69, 9.17) is 6.58 Å². The first-order chi connectivity index (χ1) is 32.5. The molecular weight excluding hydrogens is 799 g/mol. The van der Waals surface area contributed by atoms with Crippen LogP contribution in [0.15, 0.2) is 225 Å². The Morgan fingerprint density at radius 2 is 1.23 bits per heavy atom. The van der Waals surface area contributed by atoms with E-state index in [-0.39, 0.29) is 5.54 Å². The molecule has 12 rings (SSSR count). The lowest BCUT2D eigenvalue weighted by atomic mass is 9.84. The first-order valence-electron chi connectivity index (χ1n) is 22.8. The maximum Gasteiger partial charge on any atom is 0.0701 e. The average Bonchev–Trinajstić information content (AvgIpc) is 3.88. The van der Waals surface area contributed by atoms with Crippen molar-refractivity contribution < 1.29 is 0 Å². The summed E-state index contributed by atoms with van der Waals surface area (Å²) in [6.07, 6.45) is 10.0. The van der Waals surface area contributed by atoms with Gasteiger partial charge in [0.05, 0.1) is 16.4 Å². The zero-order valence-electron chi connectivity index (χ0n) is 36.8. The van der Waals surface area contributed by atoms with Crippen molar-refractivity contribution in [2.24, 2.45) is 0 Å². The van der Waals surface area contributed by atoms with Crippen molar-refractivity contribution >= 4 is 73.1 Å². The molecule has 2 aromatic heterocycles. The van der Waals surface area contributed by atoms with E-state index >= 15 is 0 Å². The van der Waals surface area contributed by atoms with Crippen LogP contribution in [0.25, 0.3) is 95.3 Å². The number of aromatic nitrogens is 2. The van der Waals surface area contributed by atoms with Crippen molar-refractivity contribution in [2.75, 3.05) is 5.32 Å². The summed E-state index contributed by atoms with van der Waals surface area (Å²) in [5, 5.41) is 12.0. The SMILES string of the molecule is C=C(/C=c1\c(=C/Nc2cccc(-c3ccccc3)c2)n(-c2ccc3ccccc3c2)c2ccccc12)c1cccc(-c2ccc3c(c2)c2ccccc2n3C2(C)C=Cc3ccccc3C2)c1. The molecule has 66 heavy (non-hydrogen) atoms. The standard InChI is InChI=1S/C63H47N3/c1-43(47-22-14-23-48(37-47)51-31-33-61-58(40-51)56-27-11-13-29-60(56)66(61)63(2)35-34-46-19-7-9-21-52(46)41-63)36-57-55-26-10-12-28-59(55)65(54-32-30-45-18-6-8-20-50(45)39-54)62(57)42-64-53-25-15-24-49(38-53)44-16-4-3-5-17-44/h3-40,42,64H,1,41H2,2H3/b57-36-,62-42+. The van der Waals surface area contributed by atoms with E-state index in [9.17, 15) is 0 Å². The summed E-state index contributed by atoms with van der Waals surface area (Å²) in [5.74, 6) is 0. The van der Waals surface area contributed by atoms with Gasteiger partial charge < -0.3 is 14.5 Å². The minimum Gasteiger partial charge on any atom is -0.360 e. The van der Waals surface area contributed by atoms with Crippen LogP contribution in [0.5, 0.6) is 0 Å². The average molecular weight is 846 g/mol. The van der Waals surface area contributed by atoms with Crippen LogP contribution in [0, 0.1) is 0 Å². The van der Waals surface area contributed by atoms with Gasteiger partial charge in [-0.15, -0.1) is 0 Å². The zero-order chi connectivity index (χ0) is 44.2. The van der Waals surface area contributed by atoms with Gasteiger partial charge in [0.15, 0.2) is 0 Å². The molecule has 9 aromatic carbocycles. The van der Waals surface area contributed by atoms with Crippen LogP contribution in [0.4, 0.5) is 5.69 Å². The van der Waals surface area contributed by atoms with Gasteiger partial charge in [0.25, 0.3) is 0 Å². The van der Waals surface area contributed by atoms with Crippen molar-refractivity contribution in [2.45, 2.75) is 18.9 Å². The van der Waals surface area contributed by atoms with Gasteiger partial charge in [-0.2, -0.15) is 0 Å². The number of fused-ring (bicyclic) bond motifs is 6. The van der Waals surface area contributed by atoms with Crippen molar-refractivity contribution in [3.05, 3.63) is 252 Å². The van der Waals surface area contributed by atoms with Crippen molar-refractivity contribution in [3.63, 3.8) is 0 Å². The Bertz CT molecular complexity index is 3860. The van der Waals surface area contributed by atoms with Gasteiger partial charge in [0.2, 0.25) is 0 Å². The molecule has 314 valence electrons. The number of nitrogens with one attached hydrogen (secondary N) is 1. The summed E-state index contributed by atoms with van der Waals surface area (Å²) in [7, 11) is 0. The molecule has 0 fully saturated rings. The van der Waals surface area contributed by atoms with Crippen LogP contribution in [-0.4, -0.2) is 9.13 Å². The highest BCUT2D eigenvalue weighted by Crippen LogP contribution is 2.41. The smallest absolute Gasteiger partial charge is 0.0701 e. The Morgan fingerprint density at radius 1 is 0.545 bits per heavy atom. The molecule has 3 heteroatoms. The lowest BCUT2D eigenvalue weighted by Gasteiger charge is -2.34. The van der Waals surface area contributed by atoms with E-state index < -0.39 is 0 Å². The summed E-state index contributed by atoms with van der Waals surface area (Å²) < 4.78 is 4.93. The van der Waals surface area contributed by atoms with E-state index in [1.54, 1.807) is 0 Å². The van der Waals surface area contributed by atoms with Gasteiger partial charge >= 0.3 is 0 Å². The van der Waals surface area contributed by atoms with Gasteiger partial charge in [-0.25, -0.2) is 0 Å². The number of rotatable bonds is 8. The predicted molar refractivity (Wildman–Crippen MR) is 281 cm³/mol. The van der Waals surface area contributed by atoms with Crippen molar-refractivity contribution in [3.8, 4) is 27.9 Å². The van der Waals surface area contributed by atoms with Gasteiger partial charge in [-0.3, -0.25) is 0 Å². The van der Waals surface area contributed by atoms with Crippen LogP contribution in [0.2, 0.25) is 0 Å². The molecule has 1 aliphatic rings. The molecule has 0 radical (unpaired) electrons. The third-order valence-corrected chi connectivity index (χ3v) is 13.6. The zero-order valence-corrected chi connectivity index (χ0v) is 36.8. The van der Waals surface area contributed by atoms with Gasteiger partial charge in [-0.05, 0) is 129 Å². The molecule has 11 aromatic rings. The fourth-order valence-corrected chi connectivity index (χ4v) is 10.3. The molecule has 0 amide bonds. The van der Waals surface area contributed by atoms with E-state index in [0.29, 0.717) is 0 Å². The summed E-state index contributed by atoms with van der Waals surface area (Å²) in [4.78, 5) is 0. The molecular formula is C63H47N3. The molecule has 2 heterocycles. The molecule has 1 aliphatic carbocycles. The van der Waals surface area contributed by atoms with Gasteiger partial charge in [0.1, 0.15) is 0 Å². The van der Waals surface area contributed by atoms with Crippen LogP contribution in [-0.2, 0) is 12.0 Å². The first kappa shape index (κ1) is 39.2. The molecule has 0 spiro atoms. The van der Waals surface area contributed by atoms with Crippen LogP contribution >= 0.6 is 0 Å². The molecule has 0 saturated carbocycles. The maximum atomic E-state index is 4.75. The van der Waals surface area contributed by atoms with E-state index in [1.165, 1.54) is 54.8 Å². The number of anilines is 1. The molecule has 1 atom stereocenters. The van der Waals surface area contributed by atoms with Gasteiger partial charge in [0, 0.05) is 50.0 Å². The lowest BCUT2D eigenvalue weighted by molar-refractivity contribution is 0.430. The molecule has 3 nitrogen and oxygen atoms in total. The number of para-hydroxylation sites is 2. The highest BCUT2D eigenvalue weighted by molar-refractivity contribution is 6.10. The quantitative estimate of drug-likeness (QED) is 0.162. The van der Waals surface area contributed by atoms with Crippen LogP contribution in [0.1, 0.15) is 23.6 Å². The number of hydrogen-bond acceptors (Lipinski definition) is 1. The Hall–Kier alpha value is -8.40. The first-order valence-corrected chi connectivity index (χ1v) is 22.8. The molecule has 1 N–H and O–H groups in total. The summed E-state index contributed by atoms with van der Waals surface area (Å²) in [5.41, 5.74) is 14.9. The Morgan fingerprint density at radius 3 is 2.11 bits per heavy atom. The minimum atomic E-state index is -0.208. The van der Waals surface area contributed by atoms with Gasteiger partial charge in [-0.1, -0.05) is 176 Å². The second-order valence-electron chi connectivity index (χ2n) is 17.8. The number of hydrogen-bond donors (Lipinski definition) is 1. The summed E-state index contributed by atoms with van der Waals surface area (Å²) >= 11 is 0. The molecule has 0 bridgehead atoms. The minimum absolute atomic E-state index is 0.208. The largest absolute Gasteiger partial charge is 0.360 e. The Kier molecular flexibility index (Phi) is 9.50. The third kappa shape index (κ3) is 6.85. The number of benzene rings is 9. The Balaban J connectivity index is 0.970. The number of allylic oxidation sites excluding steroid dienone is 2. The molecule has 0 saturated heterocycles. The fourth-order valence-electron chi connectivity index (χ4n) is 10.3. The Labute approximate surface area is 384 Å². The van der Waals surface area contributed by atoms with Crippen LogP contribution in [0.3, 0.4) is 0 Å². The van der Waals surface area contributed by atoms with E-state index in [1.807, 2.05) is 0 Å². The van der Waals surface area contributed by atoms with Crippen molar-refractivity contribution in [1.82, 2.24) is 9.13 Å². The second-order valence-corrected chi connectivity index (χ2v) is 17.8. The summed E-state index contributed by atoms with van der Waals surface area (Å²) in [6.45, 7) is 7.12. The highest BCUT2D eigenvalue weighted by atomic mass is 15.1. The second kappa shape index (κ2) is 16.0. The summed E-state index contributed by atoms with van der Waals surface area (Å²) in [6, 6.07) is 76.6. The van der Waals surface area contributed by atoms with Crippen LogP contribution < -0.4 is 15.9 Å². The van der Waals surface area contributed by atoms with Crippen molar-refractivity contribution in [1.29, 1.82) is 0 Å².